The molecular formula is C17H18Cl2N4O2. The minimum atomic E-state index is -0.268. The number of aryl methyl sites for hydroxylation is 2. The van der Waals surface area contributed by atoms with E-state index in [-0.39, 0.29) is 5.56 Å². The van der Waals surface area contributed by atoms with Crippen LogP contribution in [0, 0.1) is 0 Å². The standard InChI is InChI=1S/C17H18Cl2N4O2/c1-4-6-12-13-14(23(3)22-12)17(24)21-16(20-13)10-7-9(18)8-11(19)15(10)25-5-2/h7-8H,4-6H2,1-3H3,(H,20,21,24). The van der Waals surface area contributed by atoms with Crippen LogP contribution in [0.5, 0.6) is 5.75 Å². The first-order valence-electron chi connectivity index (χ1n) is 8.04. The smallest absolute Gasteiger partial charge is 0.277 e. The lowest BCUT2D eigenvalue weighted by atomic mass is 10.1. The molecule has 0 saturated carbocycles. The predicted molar refractivity (Wildman–Crippen MR) is 99.7 cm³/mol. The van der Waals surface area contributed by atoms with E-state index in [2.05, 4.69) is 22.0 Å². The van der Waals surface area contributed by atoms with Gasteiger partial charge in [0, 0.05) is 12.1 Å². The third-order valence-corrected chi connectivity index (χ3v) is 4.30. The van der Waals surface area contributed by atoms with Crippen molar-refractivity contribution < 1.29 is 4.74 Å². The van der Waals surface area contributed by atoms with Gasteiger partial charge in [-0.25, -0.2) is 4.98 Å². The van der Waals surface area contributed by atoms with Gasteiger partial charge in [-0.2, -0.15) is 5.10 Å². The van der Waals surface area contributed by atoms with Gasteiger partial charge >= 0.3 is 0 Å². The summed E-state index contributed by atoms with van der Waals surface area (Å²) in [6, 6.07) is 3.28. The van der Waals surface area contributed by atoms with Gasteiger partial charge in [-0.05, 0) is 25.5 Å². The lowest BCUT2D eigenvalue weighted by Gasteiger charge is -2.12. The van der Waals surface area contributed by atoms with Crippen LogP contribution in [0.2, 0.25) is 10.0 Å². The molecule has 2 aromatic heterocycles. The Balaban J connectivity index is 2.30. The largest absolute Gasteiger partial charge is 0.492 e. The van der Waals surface area contributed by atoms with Crippen LogP contribution in [0.4, 0.5) is 0 Å². The first-order chi connectivity index (χ1) is 12.0. The fourth-order valence-corrected chi connectivity index (χ4v) is 3.35. The molecule has 0 spiro atoms. The van der Waals surface area contributed by atoms with Gasteiger partial charge in [-0.15, -0.1) is 0 Å². The zero-order valence-corrected chi connectivity index (χ0v) is 15.7. The summed E-state index contributed by atoms with van der Waals surface area (Å²) in [5.74, 6) is 0.799. The number of fused-ring (bicyclic) bond motifs is 1. The third-order valence-electron chi connectivity index (χ3n) is 3.80. The van der Waals surface area contributed by atoms with E-state index in [1.54, 1.807) is 23.9 Å². The van der Waals surface area contributed by atoms with Crippen LogP contribution in [0.25, 0.3) is 22.4 Å². The van der Waals surface area contributed by atoms with Crippen LogP contribution in [0.1, 0.15) is 26.0 Å². The Hall–Kier alpha value is -2.05. The summed E-state index contributed by atoms with van der Waals surface area (Å²) in [6.07, 6.45) is 1.64. The number of halogens is 2. The monoisotopic (exact) mass is 380 g/mol. The van der Waals surface area contributed by atoms with Crippen molar-refractivity contribution in [3.8, 4) is 17.1 Å². The number of hydrogen-bond acceptors (Lipinski definition) is 4. The molecule has 2 heterocycles. The van der Waals surface area contributed by atoms with Crippen LogP contribution in [-0.2, 0) is 13.5 Å². The number of aromatic nitrogens is 4. The maximum Gasteiger partial charge on any atom is 0.277 e. The van der Waals surface area contributed by atoms with Crippen molar-refractivity contribution in [2.45, 2.75) is 26.7 Å². The summed E-state index contributed by atoms with van der Waals surface area (Å²) in [6.45, 7) is 4.34. The quantitative estimate of drug-likeness (QED) is 0.726. The van der Waals surface area contributed by atoms with Gasteiger partial charge in [0.2, 0.25) is 0 Å². The topological polar surface area (TPSA) is 72.8 Å². The van der Waals surface area contributed by atoms with Crippen molar-refractivity contribution in [3.05, 3.63) is 38.2 Å². The number of H-pyrrole nitrogens is 1. The van der Waals surface area contributed by atoms with E-state index in [9.17, 15) is 4.79 Å². The van der Waals surface area contributed by atoms with Gasteiger partial charge < -0.3 is 9.72 Å². The van der Waals surface area contributed by atoms with E-state index in [1.807, 2.05) is 6.92 Å². The zero-order valence-electron chi connectivity index (χ0n) is 14.2. The Kier molecular flexibility index (Phi) is 5.01. The molecule has 0 aliphatic rings. The molecule has 0 aliphatic carbocycles. The molecule has 6 nitrogen and oxygen atoms in total. The molecule has 0 fully saturated rings. The second-order valence-electron chi connectivity index (χ2n) is 5.63. The molecule has 0 bridgehead atoms. The van der Waals surface area contributed by atoms with Crippen molar-refractivity contribution >= 4 is 34.2 Å². The van der Waals surface area contributed by atoms with Crippen LogP contribution in [-0.4, -0.2) is 26.4 Å². The molecule has 1 N–H and O–H groups in total. The molecule has 0 aliphatic heterocycles. The second-order valence-corrected chi connectivity index (χ2v) is 6.47. The second kappa shape index (κ2) is 7.06. The van der Waals surface area contributed by atoms with E-state index in [4.69, 9.17) is 27.9 Å². The fourth-order valence-electron chi connectivity index (χ4n) is 2.81. The van der Waals surface area contributed by atoms with Crippen molar-refractivity contribution in [1.82, 2.24) is 19.7 Å². The lowest BCUT2D eigenvalue weighted by Crippen LogP contribution is -2.13. The van der Waals surface area contributed by atoms with Crippen molar-refractivity contribution in [1.29, 1.82) is 0 Å². The molecule has 1 aromatic carbocycles. The highest BCUT2D eigenvalue weighted by molar-refractivity contribution is 6.36. The van der Waals surface area contributed by atoms with Gasteiger partial charge in [0.15, 0.2) is 5.52 Å². The molecular weight excluding hydrogens is 363 g/mol. The summed E-state index contributed by atoms with van der Waals surface area (Å²) in [7, 11) is 1.74. The molecule has 0 amide bonds. The maximum atomic E-state index is 12.6. The van der Waals surface area contributed by atoms with E-state index in [1.165, 1.54) is 0 Å². The number of benzene rings is 1. The predicted octanol–water partition coefficient (Wildman–Crippen LogP) is 3.98. The number of nitrogens with zero attached hydrogens (tertiary/aromatic N) is 3. The normalized spacial score (nSPS) is 11.2. The van der Waals surface area contributed by atoms with E-state index in [0.717, 1.165) is 18.5 Å². The molecule has 0 unspecified atom stereocenters. The van der Waals surface area contributed by atoms with Crippen LogP contribution >= 0.6 is 23.2 Å². The average Bonchev–Trinajstić information content (AvgIpc) is 2.86. The summed E-state index contributed by atoms with van der Waals surface area (Å²) < 4.78 is 7.20. The first kappa shape index (κ1) is 17.8. The molecule has 8 heteroatoms. The highest BCUT2D eigenvalue weighted by atomic mass is 35.5. The molecule has 0 radical (unpaired) electrons. The Morgan fingerprint density at radius 2 is 2.04 bits per heavy atom. The summed E-state index contributed by atoms with van der Waals surface area (Å²) in [5, 5.41) is 5.22. The van der Waals surface area contributed by atoms with Gasteiger partial charge in [-0.3, -0.25) is 9.48 Å². The molecule has 3 rings (SSSR count). The van der Waals surface area contributed by atoms with Crippen molar-refractivity contribution in [3.63, 3.8) is 0 Å². The molecule has 0 atom stereocenters. The number of hydrogen-bond donors (Lipinski definition) is 1. The van der Waals surface area contributed by atoms with E-state index < -0.39 is 0 Å². The first-order valence-corrected chi connectivity index (χ1v) is 8.79. The van der Waals surface area contributed by atoms with Crippen LogP contribution in [0.3, 0.4) is 0 Å². The average molecular weight is 381 g/mol. The molecule has 0 saturated heterocycles. The third kappa shape index (κ3) is 3.24. The number of ether oxygens (including phenoxy) is 1. The molecule has 132 valence electrons. The SMILES string of the molecule is CCCc1nn(C)c2c(=O)[nH]c(-c3cc(Cl)cc(Cl)c3OCC)nc12. The summed E-state index contributed by atoms with van der Waals surface area (Å²) >= 11 is 12.4. The Labute approximate surface area is 154 Å². The number of aromatic amines is 1. The van der Waals surface area contributed by atoms with Crippen molar-refractivity contribution in [2.75, 3.05) is 6.61 Å². The molecule has 25 heavy (non-hydrogen) atoms. The number of rotatable bonds is 5. The Morgan fingerprint density at radius 1 is 1.28 bits per heavy atom. The van der Waals surface area contributed by atoms with Gasteiger partial charge in [0.25, 0.3) is 5.56 Å². The maximum absolute atomic E-state index is 12.6. The van der Waals surface area contributed by atoms with E-state index >= 15 is 0 Å². The van der Waals surface area contributed by atoms with E-state index in [0.29, 0.717) is 44.8 Å². The highest BCUT2D eigenvalue weighted by Gasteiger charge is 2.19. The Morgan fingerprint density at radius 3 is 2.72 bits per heavy atom. The fraction of sp³-hybridized carbons (Fsp3) is 0.353. The summed E-state index contributed by atoms with van der Waals surface area (Å²) in [5.41, 5.74) is 2.10. The number of nitrogens with one attached hydrogen (secondary N) is 1. The van der Waals surface area contributed by atoms with Crippen molar-refractivity contribution in [2.24, 2.45) is 7.05 Å². The molecule has 3 aromatic rings. The minimum Gasteiger partial charge on any atom is -0.492 e. The summed E-state index contributed by atoms with van der Waals surface area (Å²) in [4.78, 5) is 20.0. The van der Waals surface area contributed by atoms with Gasteiger partial charge in [-0.1, -0.05) is 36.5 Å². The van der Waals surface area contributed by atoms with Crippen LogP contribution in [0.15, 0.2) is 16.9 Å². The van der Waals surface area contributed by atoms with Crippen LogP contribution < -0.4 is 10.3 Å². The minimum absolute atomic E-state index is 0.268. The zero-order chi connectivity index (χ0) is 18.1. The van der Waals surface area contributed by atoms with Gasteiger partial charge in [0.1, 0.15) is 17.1 Å². The van der Waals surface area contributed by atoms with Gasteiger partial charge in [0.05, 0.1) is 22.9 Å². The Bertz CT molecular complexity index is 994. The lowest BCUT2D eigenvalue weighted by molar-refractivity contribution is 0.341. The highest BCUT2D eigenvalue weighted by Crippen LogP contribution is 2.37.